The van der Waals surface area contributed by atoms with Crippen molar-refractivity contribution in [3.63, 3.8) is 0 Å². The van der Waals surface area contributed by atoms with Crippen LogP contribution in [0.3, 0.4) is 0 Å². The summed E-state index contributed by atoms with van der Waals surface area (Å²) in [5, 5.41) is 4.39. The first-order valence-electron chi connectivity index (χ1n) is 10.4. The second-order valence-corrected chi connectivity index (χ2v) is 8.75. The van der Waals surface area contributed by atoms with Gasteiger partial charge in [0, 0.05) is 18.6 Å². The Morgan fingerprint density at radius 1 is 1.13 bits per heavy atom. The Labute approximate surface area is 186 Å². The van der Waals surface area contributed by atoms with E-state index in [-0.39, 0.29) is 11.9 Å². The highest BCUT2D eigenvalue weighted by Crippen LogP contribution is 2.35. The SMILES string of the molecule is CC(=O)NC(C)COc1ccc(-c2ncc(Oc3cccc(OCC4CC4)c3)s2)cc1. The molecule has 31 heavy (non-hydrogen) atoms. The zero-order valence-corrected chi connectivity index (χ0v) is 18.5. The summed E-state index contributed by atoms with van der Waals surface area (Å²) in [5.41, 5.74) is 0.989. The number of nitrogens with one attached hydrogen (secondary N) is 1. The molecular weight excluding hydrogens is 412 g/mol. The molecule has 1 unspecified atom stereocenters. The highest BCUT2D eigenvalue weighted by atomic mass is 32.1. The van der Waals surface area contributed by atoms with Crippen LogP contribution in [-0.2, 0) is 4.79 Å². The molecule has 6 nitrogen and oxygen atoms in total. The minimum Gasteiger partial charge on any atom is -0.493 e. The number of hydrogen-bond donors (Lipinski definition) is 1. The third-order valence-electron chi connectivity index (χ3n) is 4.74. The first-order chi connectivity index (χ1) is 15.0. The molecule has 4 rings (SSSR count). The maximum Gasteiger partial charge on any atom is 0.217 e. The van der Waals surface area contributed by atoms with Crippen molar-refractivity contribution in [2.24, 2.45) is 5.92 Å². The molecule has 0 saturated heterocycles. The number of ether oxygens (including phenoxy) is 3. The lowest BCUT2D eigenvalue weighted by Crippen LogP contribution is -2.35. The summed E-state index contributed by atoms with van der Waals surface area (Å²) in [7, 11) is 0. The van der Waals surface area contributed by atoms with Gasteiger partial charge >= 0.3 is 0 Å². The second-order valence-electron chi connectivity index (χ2n) is 7.75. The van der Waals surface area contributed by atoms with Crippen molar-refractivity contribution in [1.29, 1.82) is 0 Å². The molecule has 1 amide bonds. The van der Waals surface area contributed by atoms with Crippen molar-refractivity contribution in [3.05, 3.63) is 54.7 Å². The second kappa shape index (κ2) is 9.83. The number of amides is 1. The van der Waals surface area contributed by atoms with E-state index in [4.69, 9.17) is 14.2 Å². The van der Waals surface area contributed by atoms with Crippen molar-refractivity contribution in [2.75, 3.05) is 13.2 Å². The molecule has 0 spiro atoms. The summed E-state index contributed by atoms with van der Waals surface area (Å²) in [4.78, 5) is 15.6. The molecule has 1 fully saturated rings. The first kappa shape index (κ1) is 21.2. The van der Waals surface area contributed by atoms with Crippen molar-refractivity contribution >= 4 is 17.2 Å². The quantitative estimate of drug-likeness (QED) is 0.465. The Hall–Kier alpha value is -3.06. The number of carbonyl (C=O) groups is 1. The summed E-state index contributed by atoms with van der Waals surface area (Å²) < 4.78 is 17.5. The Balaban J connectivity index is 1.33. The monoisotopic (exact) mass is 438 g/mol. The van der Waals surface area contributed by atoms with E-state index in [0.29, 0.717) is 12.5 Å². The topological polar surface area (TPSA) is 69.7 Å². The molecule has 1 aliphatic rings. The molecule has 162 valence electrons. The van der Waals surface area contributed by atoms with Gasteiger partial charge in [-0.1, -0.05) is 17.4 Å². The maximum atomic E-state index is 11.1. The number of rotatable bonds is 10. The van der Waals surface area contributed by atoms with Gasteiger partial charge in [-0.3, -0.25) is 4.79 Å². The lowest BCUT2D eigenvalue weighted by atomic mass is 10.2. The molecule has 0 aliphatic heterocycles. The van der Waals surface area contributed by atoms with Crippen LogP contribution in [0.4, 0.5) is 0 Å². The predicted octanol–water partition coefficient (Wildman–Crippen LogP) is 5.29. The maximum absolute atomic E-state index is 11.1. The Morgan fingerprint density at radius 3 is 2.65 bits per heavy atom. The Bertz CT molecular complexity index is 1010. The Morgan fingerprint density at radius 2 is 1.90 bits per heavy atom. The van der Waals surface area contributed by atoms with Crippen LogP contribution >= 0.6 is 11.3 Å². The van der Waals surface area contributed by atoms with Crippen LogP contribution in [0.15, 0.2) is 54.7 Å². The van der Waals surface area contributed by atoms with Crippen LogP contribution in [0.25, 0.3) is 10.6 Å². The number of hydrogen-bond acceptors (Lipinski definition) is 6. The van der Waals surface area contributed by atoms with Gasteiger partial charge in [0.2, 0.25) is 11.0 Å². The molecule has 1 aliphatic carbocycles. The lowest BCUT2D eigenvalue weighted by molar-refractivity contribution is -0.119. The normalized spacial score (nSPS) is 14.0. The molecular formula is C24H26N2O4S. The Kier molecular flexibility index (Phi) is 6.72. The molecule has 1 atom stereocenters. The molecule has 3 aromatic rings. The predicted molar refractivity (Wildman–Crippen MR) is 121 cm³/mol. The van der Waals surface area contributed by atoms with Gasteiger partial charge in [-0.15, -0.1) is 0 Å². The number of nitrogens with zero attached hydrogens (tertiary/aromatic N) is 1. The van der Waals surface area contributed by atoms with Crippen molar-refractivity contribution in [2.45, 2.75) is 32.7 Å². The van der Waals surface area contributed by atoms with Gasteiger partial charge < -0.3 is 19.5 Å². The van der Waals surface area contributed by atoms with E-state index in [1.165, 1.54) is 31.1 Å². The average molecular weight is 439 g/mol. The van der Waals surface area contributed by atoms with Crippen LogP contribution in [-0.4, -0.2) is 30.1 Å². The summed E-state index contributed by atoms with van der Waals surface area (Å²) in [6.45, 7) is 4.59. The third-order valence-corrected chi connectivity index (χ3v) is 5.67. The smallest absolute Gasteiger partial charge is 0.217 e. The van der Waals surface area contributed by atoms with Gasteiger partial charge in [0.25, 0.3) is 0 Å². The van der Waals surface area contributed by atoms with E-state index in [9.17, 15) is 4.79 Å². The van der Waals surface area contributed by atoms with Gasteiger partial charge in [0.15, 0.2) is 0 Å². The highest BCUT2D eigenvalue weighted by Gasteiger charge is 2.21. The van der Waals surface area contributed by atoms with E-state index in [2.05, 4.69) is 10.3 Å². The molecule has 0 radical (unpaired) electrons. The highest BCUT2D eigenvalue weighted by molar-refractivity contribution is 7.16. The van der Waals surface area contributed by atoms with Gasteiger partial charge in [-0.25, -0.2) is 4.98 Å². The number of aromatic nitrogens is 1. The standard InChI is InChI=1S/C24H26N2O4S/c1-16(26-17(2)27)14-28-20-10-8-19(9-11-20)24-25-13-23(31-24)30-22-5-3-4-21(12-22)29-15-18-6-7-18/h3-5,8-13,16,18H,6-7,14-15H2,1-2H3,(H,26,27). The van der Waals surface area contributed by atoms with Crippen molar-refractivity contribution in [3.8, 4) is 32.9 Å². The van der Waals surface area contributed by atoms with E-state index >= 15 is 0 Å². The molecule has 2 aromatic carbocycles. The third kappa shape index (κ3) is 6.46. The fraction of sp³-hybridized carbons (Fsp3) is 0.333. The van der Waals surface area contributed by atoms with Crippen LogP contribution in [0.1, 0.15) is 26.7 Å². The zero-order chi connectivity index (χ0) is 21.6. The van der Waals surface area contributed by atoms with Gasteiger partial charge in [-0.05, 0) is 62.1 Å². The minimum atomic E-state index is -0.0641. The molecule has 1 aromatic heterocycles. The number of benzene rings is 2. The molecule has 0 bridgehead atoms. The van der Waals surface area contributed by atoms with Gasteiger partial charge in [0.05, 0.1) is 18.8 Å². The van der Waals surface area contributed by atoms with E-state index in [1.807, 2.05) is 55.5 Å². The van der Waals surface area contributed by atoms with Crippen LogP contribution in [0.2, 0.25) is 0 Å². The summed E-state index contributed by atoms with van der Waals surface area (Å²) in [5.74, 6) is 2.96. The van der Waals surface area contributed by atoms with Crippen LogP contribution in [0, 0.1) is 5.92 Å². The molecule has 1 N–H and O–H groups in total. The number of thiazole rings is 1. The minimum absolute atomic E-state index is 0.0477. The van der Waals surface area contributed by atoms with Crippen LogP contribution in [0.5, 0.6) is 22.3 Å². The van der Waals surface area contributed by atoms with Crippen molar-refractivity contribution < 1.29 is 19.0 Å². The van der Waals surface area contributed by atoms with E-state index in [0.717, 1.165) is 39.5 Å². The van der Waals surface area contributed by atoms with E-state index < -0.39 is 0 Å². The summed E-state index contributed by atoms with van der Waals surface area (Å²) in [6.07, 6.45) is 4.27. The average Bonchev–Trinajstić information content (AvgIpc) is 3.48. The zero-order valence-electron chi connectivity index (χ0n) is 17.7. The summed E-state index contributed by atoms with van der Waals surface area (Å²) in [6, 6.07) is 15.4. The largest absolute Gasteiger partial charge is 0.493 e. The van der Waals surface area contributed by atoms with Gasteiger partial charge in [-0.2, -0.15) is 0 Å². The lowest BCUT2D eigenvalue weighted by Gasteiger charge is -2.13. The van der Waals surface area contributed by atoms with Gasteiger partial charge in [0.1, 0.15) is 28.9 Å². The molecule has 1 heterocycles. The molecule has 7 heteroatoms. The fourth-order valence-electron chi connectivity index (χ4n) is 2.99. The van der Waals surface area contributed by atoms with Crippen molar-refractivity contribution in [1.82, 2.24) is 10.3 Å². The first-order valence-corrected chi connectivity index (χ1v) is 11.2. The van der Waals surface area contributed by atoms with Crippen LogP contribution < -0.4 is 19.5 Å². The summed E-state index contributed by atoms with van der Waals surface area (Å²) >= 11 is 1.48. The number of carbonyl (C=O) groups excluding carboxylic acids is 1. The van der Waals surface area contributed by atoms with E-state index in [1.54, 1.807) is 6.20 Å². The molecule has 1 saturated carbocycles. The fourth-order valence-corrected chi connectivity index (χ4v) is 3.78.